The molecule has 134 valence electrons. The fourth-order valence-electron chi connectivity index (χ4n) is 0.512. The summed E-state index contributed by atoms with van der Waals surface area (Å²) in [6.07, 6.45) is 0.630. The Morgan fingerprint density at radius 2 is 1.17 bits per heavy atom. The maximum absolute atomic E-state index is 10.5. The first kappa shape index (κ1) is 33.9. The van der Waals surface area contributed by atoms with Crippen molar-refractivity contribution >= 4 is 11.8 Å². The predicted octanol–water partition coefficient (Wildman–Crippen LogP) is -1.08. The van der Waals surface area contributed by atoms with Gasteiger partial charge in [-0.1, -0.05) is 47.6 Å². The van der Waals surface area contributed by atoms with E-state index in [1.807, 2.05) is 0 Å². The van der Waals surface area contributed by atoms with E-state index in [9.17, 15) is 30.0 Å². The van der Waals surface area contributed by atoms with Gasteiger partial charge in [0.15, 0.2) is 0 Å². The number of carbonyl (C=O) groups excluding carboxylic acids is 2. The van der Waals surface area contributed by atoms with Gasteiger partial charge in [-0.2, -0.15) is 0 Å². The van der Waals surface area contributed by atoms with Crippen molar-refractivity contribution in [3.63, 3.8) is 0 Å². The van der Waals surface area contributed by atoms with Gasteiger partial charge in [-0.05, 0) is 6.42 Å². The molecule has 0 aromatic carbocycles. The number of hydrogen-bond donors (Lipinski definition) is 0. The summed E-state index contributed by atoms with van der Waals surface area (Å²) >= 11 is 0. The van der Waals surface area contributed by atoms with Crippen LogP contribution in [0.1, 0.15) is 60.8 Å². The van der Waals surface area contributed by atoms with Crippen LogP contribution >= 0.6 is 0 Å². The molecule has 0 rings (SSSR count). The Morgan fingerprint density at radius 1 is 0.913 bits per heavy atom. The fraction of sp³-hybridized carbons (Fsp3) is 0.750. The van der Waals surface area contributed by atoms with Crippen molar-refractivity contribution in [1.29, 1.82) is 0 Å². The minimum Gasteiger partial charge on any atom is -0.852 e. The van der Waals surface area contributed by atoms with Crippen LogP contribution in [0.15, 0.2) is 12.7 Å². The van der Waals surface area contributed by atoms with Crippen LogP contribution in [0.3, 0.4) is 0 Å². The molecule has 6 nitrogen and oxygen atoms in total. The smallest absolute Gasteiger partial charge is 0.852 e. The number of aliphatic carboxylic acids is 1. The molecular formula is C16H30O6Ti. The molecule has 23 heavy (non-hydrogen) atoms. The number of carbonyl (C=O) groups is 2. The summed E-state index contributed by atoms with van der Waals surface area (Å²) in [7, 11) is 0. The molecule has 0 fully saturated rings. The van der Waals surface area contributed by atoms with E-state index in [4.69, 9.17) is 0 Å². The van der Waals surface area contributed by atoms with Crippen LogP contribution in [0.2, 0.25) is 0 Å². The van der Waals surface area contributed by atoms with Crippen LogP contribution in [0.25, 0.3) is 0 Å². The molecule has 0 atom stereocenters. The number of ketones is 1. The van der Waals surface area contributed by atoms with Crippen molar-refractivity contribution in [3.8, 4) is 0 Å². The van der Waals surface area contributed by atoms with Crippen molar-refractivity contribution in [2.24, 2.45) is 0 Å². The zero-order valence-electron chi connectivity index (χ0n) is 15.1. The SMILES string of the molecule is C=CCCC(=O)CC(=O)[O-].CC(C)[O-].CC(C)[O-].CC(C)[O-].[Ti+4]. The molecule has 0 spiro atoms. The Hall–Kier alpha value is -0.526. The van der Waals surface area contributed by atoms with Crippen molar-refractivity contribution < 1.29 is 51.7 Å². The average molecular weight is 366 g/mol. The Bertz CT molecular complexity index is 243. The third-order valence-electron chi connectivity index (χ3n) is 0.969. The Kier molecular flexibility index (Phi) is 38.9. The van der Waals surface area contributed by atoms with E-state index >= 15 is 0 Å². The van der Waals surface area contributed by atoms with Crippen LogP contribution < -0.4 is 20.4 Å². The molecule has 0 aliphatic rings. The minimum absolute atomic E-state index is 0. The number of Topliss-reactive ketones (excluding diaryl/α,β-unsaturated/α-hetero) is 1. The van der Waals surface area contributed by atoms with E-state index < -0.39 is 30.7 Å². The normalized spacial score (nSPS) is 8.52. The second-order valence-electron chi connectivity index (χ2n) is 5.06. The molecule has 0 saturated heterocycles. The number of rotatable bonds is 5. The first-order chi connectivity index (χ1) is 9.86. The molecular weight excluding hydrogens is 336 g/mol. The van der Waals surface area contributed by atoms with E-state index in [1.54, 1.807) is 47.6 Å². The zero-order valence-corrected chi connectivity index (χ0v) is 16.6. The number of carboxylic acid groups (broad SMARTS) is 1. The van der Waals surface area contributed by atoms with Crippen molar-refractivity contribution in [2.75, 3.05) is 0 Å². The summed E-state index contributed by atoms with van der Waals surface area (Å²) in [5.41, 5.74) is 0. The van der Waals surface area contributed by atoms with Gasteiger partial charge in [-0.25, -0.2) is 0 Å². The molecule has 0 saturated carbocycles. The van der Waals surface area contributed by atoms with Gasteiger partial charge in [-0.3, -0.25) is 4.79 Å². The van der Waals surface area contributed by atoms with Crippen LogP contribution in [-0.4, -0.2) is 30.1 Å². The standard InChI is InChI=1S/C7H10O3.3C3H7O.Ti/c1-2-3-4-6(8)5-7(9)10;3*1-3(2)4;/h2H,1,3-5H2,(H,9,10);3*3H,1-2H3;/q;3*-1;+4/p-1. The first-order valence-corrected chi connectivity index (χ1v) is 7.16. The topological polar surface area (TPSA) is 126 Å². The van der Waals surface area contributed by atoms with E-state index in [-0.39, 0.29) is 33.9 Å². The second-order valence-corrected chi connectivity index (χ2v) is 5.06. The average Bonchev–Trinajstić information content (AvgIpc) is 2.22. The van der Waals surface area contributed by atoms with Gasteiger partial charge in [0.25, 0.3) is 0 Å². The van der Waals surface area contributed by atoms with E-state index in [2.05, 4.69) is 6.58 Å². The fourth-order valence-corrected chi connectivity index (χ4v) is 0.512. The molecule has 0 unspecified atom stereocenters. The molecule has 0 aliphatic carbocycles. The summed E-state index contributed by atoms with van der Waals surface area (Å²) in [6, 6.07) is 0. The van der Waals surface area contributed by atoms with Gasteiger partial charge in [-0.15, -0.1) is 24.9 Å². The minimum atomic E-state index is -1.31. The number of hydrogen-bond acceptors (Lipinski definition) is 6. The molecule has 0 bridgehead atoms. The maximum Gasteiger partial charge on any atom is 4.00 e. The summed E-state index contributed by atoms with van der Waals surface area (Å²) in [4.78, 5) is 20.4. The zero-order chi connectivity index (χ0) is 18.7. The van der Waals surface area contributed by atoms with E-state index in [0.29, 0.717) is 6.42 Å². The summed E-state index contributed by atoms with van der Waals surface area (Å²) in [6.45, 7) is 13.1. The quantitative estimate of drug-likeness (QED) is 0.346. The van der Waals surface area contributed by atoms with Gasteiger partial charge in [0, 0.05) is 18.8 Å². The predicted molar refractivity (Wildman–Crippen MR) is 79.5 cm³/mol. The largest absolute Gasteiger partial charge is 4.00 e. The van der Waals surface area contributed by atoms with Gasteiger partial charge in [0.05, 0.1) is 0 Å². The van der Waals surface area contributed by atoms with E-state index in [0.717, 1.165) is 0 Å². The summed E-state index contributed by atoms with van der Waals surface area (Å²) in [5, 5.41) is 38.4. The van der Waals surface area contributed by atoms with Gasteiger partial charge >= 0.3 is 21.7 Å². The van der Waals surface area contributed by atoms with Gasteiger partial charge < -0.3 is 25.2 Å². The van der Waals surface area contributed by atoms with Crippen molar-refractivity contribution in [1.82, 2.24) is 0 Å². The third-order valence-corrected chi connectivity index (χ3v) is 0.969. The van der Waals surface area contributed by atoms with Gasteiger partial charge in [0.1, 0.15) is 5.78 Å². The summed E-state index contributed by atoms with van der Waals surface area (Å²) < 4.78 is 0. The van der Waals surface area contributed by atoms with Crippen LogP contribution in [0, 0.1) is 0 Å². The maximum atomic E-state index is 10.5. The first-order valence-electron chi connectivity index (χ1n) is 7.16. The van der Waals surface area contributed by atoms with Gasteiger partial charge in [0.2, 0.25) is 0 Å². The van der Waals surface area contributed by atoms with E-state index in [1.165, 1.54) is 0 Å². The molecule has 0 aromatic rings. The Labute approximate surface area is 155 Å². The molecule has 0 heterocycles. The monoisotopic (exact) mass is 366 g/mol. The molecule has 0 aliphatic heterocycles. The Balaban J connectivity index is -0.0000000700. The molecule has 7 heteroatoms. The molecule has 0 aromatic heterocycles. The second kappa shape index (κ2) is 26.4. The van der Waals surface area contributed by atoms with Crippen LogP contribution in [0.5, 0.6) is 0 Å². The summed E-state index contributed by atoms with van der Waals surface area (Å²) in [5.74, 6) is -1.62. The van der Waals surface area contributed by atoms with Crippen molar-refractivity contribution in [3.05, 3.63) is 12.7 Å². The number of allylic oxidation sites excluding steroid dienone is 1. The Morgan fingerprint density at radius 3 is 1.35 bits per heavy atom. The van der Waals surface area contributed by atoms with Crippen molar-refractivity contribution in [2.45, 2.75) is 79.1 Å². The van der Waals surface area contributed by atoms with Crippen LogP contribution in [0.4, 0.5) is 0 Å². The van der Waals surface area contributed by atoms with Crippen LogP contribution in [-0.2, 0) is 31.3 Å². The molecule has 0 amide bonds. The third kappa shape index (κ3) is 146. The molecule has 0 N–H and O–H groups in total. The number of carboxylic acids is 1. The molecule has 0 radical (unpaired) electrons.